The lowest BCUT2D eigenvalue weighted by Gasteiger charge is -2.18. The first kappa shape index (κ1) is 20.7. The molecule has 3 rings (SSSR count). The maximum absolute atomic E-state index is 13.1. The van der Waals surface area contributed by atoms with E-state index in [0.717, 1.165) is 12.1 Å². The van der Waals surface area contributed by atoms with Crippen molar-refractivity contribution < 1.29 is 22.6 Å². The molecule has 3 aromatic rings. The van der Waals surface area contributed by atoms with Crippen molar-refractivity contribution in [2.75, 3.05) is 7.11 Å². The number of nitrogens with one attached hydrogen (secondary N) is 1. The fourth-order valence-corrected chi connectivity index (χ4v) is 4.27. The summed E-state index contributed by atoms with van der Waals surface area (Å²) in [5.41, 5.74) is -0.228. The molecule has 0 fully saturated rings. The Bertz CT molecular complexity index is 1160. The van der Waals surface area contributed by atoms with Gasteiger partial charge >= 0.3 is 0 Å². The first-order chi connectivity index (χ1) is 13.7. The Balaban J connectivity index is 2.14. The molecule has 1 atom stereocenters. The van der Waals surface area contributed by atoms with Crippen LogP contribution in [0.2, 0.25) is 5.02 Å². The Hall–Kier alpha value is -3.02. The molecule has 12 heteroatoms. The lowest BCUT2D eigenvalue weighted by Crippen LogP contribution is -2.31. The van der Waals surface area contributed by atoms with Crippen molar-refractivity contribution in [3.63, 3.8) is 0 Å². The number of para-hydroxylation sites is 1. The van der Waals surface area contributed by atoms with Gasteiger partial charge in [0, 0.05) is 23.6 Å². The Morgan fingerprint density at radius 1 is 1.28 bits per heavy atom. The highest BCUT2D eigenvalue weighted by Crippen LogP contribution is 2.32. The summed E-state index contributed by atoms with van der Waals surface area (Å²) in [6, 6.07) is 8.75. The largest absolute Gasteiger partial charge is 0.496 e. The molecule has 0 aliphatic heterocycles. The number of hydrogen-bond acceptors (Lipinski definition) is 8. The zero-order chi connectivity index (χ0) is 21.2. The van der Waals surface area contributed by atoms with Crippen LogP contribution in [-0.2, 0) is 10.0 Å². The van der Waals surface area contributed by atoms with Gasteiger partial charge in [-0.25, -0.2) is 8.42 Å². The molecule has 0 aliphatic carbocycles. The van der Waals surface area contributed by atoms with Gasteiger partial charge in [0.15, 0.2) is 10.7 Å². The lowest BCUT2D eigenvalue weighted by molar-refractivity contribution is -0.387. The van der Waals surface area contributed by atoms with E-state index >= 15 is 0 Å². The predicted molar refractivity (Wildman–Crippen MR) is 102 cm³/mol. The van der Waals surface area contributed by atoms with E-state index in [9.17, 15) is 18.5 Å². The minimum Gasteiger partial charge on any atom is -0.496 e. The van der Waals surface area contributed by atoms with Crippen molar-refractivity contribution in [3.05, 3.63) is 74.9 Å². The monoisotopic (exact) mass is 438 g/mol. The average molecular weight is 439 g/mol. The number of halogens is 1. The minimum atomic E-state index is -4.42. The Kier molecular flexibility index (Phi) is 5.82. The molecule has 0 saturated carbocycles. The van der Waals surface area contributed by atoms with Crippen molar-refractivity contribution in [3.8, 4) is 5.75 Å². The van der Waals surface area contributed by atoms with Gasteiger partial charge in [-0.1, -0.05) is 35.0 Å². The summed E-state index contributed by atoms with van der Waals surface area (Å²) in [6.07, 6.45) is 0. The standard InChI is InChI=1S/C17H15ClN4O6S/c1-10-19-17(20-28-10)16(12-5-3-4-6-14(12)27-2)21-29(25,26)15-9-11(18)7-8-13(15)22(23)24/h3-9,16,21H,1-2H3. The summed E-state index contributed by atoms with van der Waals surface area (Å²) in [4.78, 5) is 14.0. The Labute approximate surface area is 170 Å². The van der Waals surface area contributed by atoms with Crippen LogP contribution in [-0.4, -0.2) is 30.6 Å². The smallest absolute Gasteiger partial charge is 0.289 e. The van der Waals surface area contributed by atoms with E-state index in [-0.39, 0.29) is 16.7 Å². The van der Waals surface area contributed by atoms with Gasteiger partial charge in [0.05, 0.1) is 12.0 Å². The van der Waals surface area contributed by atoms with Gasteiger partial charge in [-0.15, -0.1) is 0 Å². The molecule has 1 aromatic heterocycles. The maximum Gasteiger partial charge on any atom is 0.289 e. The molecule has 1 unspecified atom stereocenters. The normalized spacial score (nSPS) is 12.5. The van der Waals surface area contributed by atoms with Gasteiger partial charge < -0.3 is 9.26 Å². The predicted octanol–water partition coefficient (Wildman–Crippen LogP) is 3.02. The number of nitro groups is 1. The van der Waals surface area contributed by atoms with Gasteiger partial charge in [0.2, 0.25) is 15.9 Å². The summed E-state index contributed by atoms with van der Waals surface area (Å²) in [5.74, 6) is 0.594. The number of aromatic nitrogens is 2. The molecule has 0 aliphatic rings. The fourth-order valence-electron chi connectivity index (χ4n) is 2.67. The number of aryl methyl sites for hydroxylation is 1. The van der Waals surface area contributed by atoms with Gasteiger partial charge in [0.1, 0.15) is 11.8 Å². The van der Waals surface area contributed by atoms with E-state index in [1.807, 2.05) is 0 Å². The third-order valence-corrected chi connectivity index (χ3v) is 5.62. The molecule has 152 valence electrons. The molecule has 0 spiro atoms. The zero-order valence-electron chi connectivity index (χ0n) is 15.2. The maximum atomic E-state index is 13.1. The van der Waals surface area contributed by atoms with Crippen LogP contribution < -0.4 is 9.46 Å². The second-order valence-corrected chi connectivity index (χ2v) is 7.96. The molecule has 2 aromatic carbocycles. The molecule has 0 saturated heterocycles. The van der Waals surface area contributed by atoms with Crippen LogP contribution in [0.5, 0.6) is 5.75 Å². The topological polar surface area (TPSA) is 137 Å². The van der Waals surface area contributed by atoms with E-state index in [4.69, 9.17) is 20.9 Å². The van der Waals surface area contributed by atoms with Crippen molar-refractivity contribution in [2.24, 2.45) is 0 Å². The number of methoxy groups -OCH3 is 1. The highest BCUT2D eigenvalue weighted by Gasteiger charge is 2.33. The minimum absolute atomic E-state index is 0.0141. The zero-order valence-corrected chi connectivity index (χ0v) is 16.8. The van der Waals surface area contributed by atoms with Crippen LogP contribution in [0.3, 0.4) is 0 Å². The highest BCUT2D eigenvalue weighted by molar-refractivity contribution is 7.89. The number of sulfonamides is 1. The first-order valence-corrected chi connectivity index (χ1v) is 9.98. The van der Waals surface area contributed by atoms with Gasteiger partial charge in [0.25, 0.3) is 5.69 Å². The van der Waals surface area contributed by atoms with E-state index in [2.05, 4.69) is 14.9 Å². The summed E-state index contributed by atoms with van der Waals surface area (Å²) in [7, 11) is -3.00. The van der Waals surface area contributed by atoms with E-state index in [0.29, 0.717) is 11.3 Å². The summed E-state index contributed by atoms with van der Waals surface area (Å²) in [6.45, 7) is 1.55. The highest BCUT2D eigenvalue weighted by atomic mass is 35.5. The summed E-state index contributed by atoms with van der Waals surface area (Å²) >= 11 is 5.87. The van der Waals surface area contributed by atoms with Crippen LogP contribution in [0.25, 0.3) is 0 Å². The van der Waals surface area contributed by atoms with Crippen LogP contribution in [0.15, 0.2) is 51.9 Å². The Morgan fingerprint density at radius 2 is 2.00 bits per heavy atom. The van der Waals surface area contributed by atoms with E-state index < -0.39 is 31.6 Å². The van der Waals surface area contributed by atoms with Crippen LogP contribution >= 0.6 is 11.6 Å². The molecule has 29 heavy (non-hydrogen) atoms. The molecule has 10 nitrogen and oxygen atoms in total. The lowest BCUT2D eigenvalue weighted by atomic mass is 10.1. The second-order valence-electron chi connectivity index (χ2n) is 5.84. The van der Waals surface area contributed by atoms with Gasteiger partial charge in [-0.05, 0) is 18.2 Å². The van der Waals surface area contributed by atoms with Crippen LogP contribution in [0.4, 0.5) is 5.69 Å². The third kappa shape index (κ3) is 4.36. The number of rotatable bonds is 7. The van der Waals surface area contributed by atoms with E-state index in [1.54, 1.807) is 31.2 Å². The molecule has 0 bridgehead atoms. The molecule has 1 heterocycles. The van der Waals surface area contributed by atoms with Crippen molar-refractivity contribution in [1.29, 1.82) is 0 Å². The third-order valence-electron chi connectivity index (χ3n) is 3.93. The number of benzene rings is 2. The Morgan fingerprint density at radius 3 is 2.62 bits per heavy atom. The van der Waals surface area contributed by atoms with Crippen molar-refractivity contribution >= 4 is 27.3 Å². The van der Waals surface area contributed by atoms with Crippen molar-refractivity contribution in [1.82, 2.24) is 14.9 Å². The van der Waals surface area contributed by atoms with Crippen LogP contribution in [0.1, 0.15) is 23.3 Å². The molecular weight excluding hydrogens is 424 g/mol. The number of nitro benzene ring substituents is 1. The average Bonchev–Trinajstić information content (AvgIpc) is 3.12. The van der Waals surface area contributed by atoms with Crippen LogP contribution in [0, 0.1) is 17.0 Å². The number of ether oxygens (including phenoxy) is 1. The number of hydrogen-bond donors (Lipinski definition) is 1. The summed E-state index contributed by atoms with van der Waals surface area (Å²) < 4.78 is 38.8. The molecule has 1 N–H and O–H groups in total. The molecular formula is C17H15ClN4O6S. The summed E-state index contributed by atoms with van der Waals surface area (Å²) in [5, 5.41) is 15.1. The second kappa shape index (κ2) is 8.15. The van der Waals surface area contributed by atoms with E-state index in [1.165, 1.54) is 13.2 Å². The number of nitrogens with zero attached hydrogens (tertiary/aromatic N) is 3. The quantitative estimate of drug-likeness (QED) is 0.438. The van der Waals surface area contributed by atoms with Gasteiger partial charge in [-0.2, -0.15) is 9.71 Å². The molecule has 0 amide bonds. The fraction of sp³-hybridized carbons (Fsp3) is 0.176. The van der Waals surface area contributed by atoms with Crippen molar-refractivity contribution in [2.45, 2.75) is 17.9 Å². The molecule has 0 radical (unpaired) electrons. The first-order valence-electron chi connectivity index (χ1n) is 8.12. The SMILES string of the molecule is COc1ccccc1C(NS(=O)(=O)c1cc(Cl)ccc1[N+](=O)[O-])c1noc(C)n1. The van der Waals surface area contributed by atoms with Gasteiger partial charge in [-0.3, -0.25) is 10.1 Å².